The Labute approximate surface area is 132 Å². The minimum Gasteiger partial charge on any atom is -0.548 e. The van der Waals surface area contributed by atoms with E-state index in [0.717, 1.165) is 22.9 Å². The smallest absolute Gasteiger partial charge is 0.196 e. The van der Waals surface area contributed by atoms with E-state index < -0.39 is 12.0 Å². The van der Waals surface area contributed by atoms with E-state index in [0.29, 0.717) is 36.6 Å². The summed E-state index contributed by atoms with van der Waals surface area (Å²) in [4.78, 5) is 22.3. The van der Waals surface area contributed by atoms with Crippen LogP contribution < -0.4 is 10.0 Å². The maximum Gasteiger partial charge on any atom is 0.196 e. The summed E-state index contributed by atoms with van der Waals surface area (Å²) in [5, 5.41) is 12.3. The van der Waals surface area contributed by atoms with E-state index >= 15 is 0 Å². The molecule has 0 bridgehead atoms. The molecule has 0 radical (unpaired) electrons. The average Bonchev–Trinajstić information content (AvgIpc) is 3.18. The van der Waals surface area contributed by atoms with Crippen molar-refractivity contribution in [1.82, 2.24) is 9.97 Å². The molecule has 0 aliphatic carbocycles. The fraction of sp³-hybridized carbons (Fsp3) is 0.353. The minimum absolute atomic E-state index is 0.552. The first-order valence-electron chi connectivity index (χ1n) is 7.84. The van der Waals surface area contributed by atoms with Crippen LogP contribution in [0.4, 0.5) is 5.82 Å². The summed E-state index contributed by atoms with van der Waals surface area (Å²) in [5.74, 6) is 0.182. The topological polar surface area (TPSA) is 82.3 Å². The highest BCUT2D eigenvalue weighted by atomic mass is 16.4. The van der Waals surface area contributed by atoms with Crippen LogP contribution >= 0.6 is 0 Å². The maximum absolute atomic E-state index is 11.4. The predicted octanol–water partition coefficient (Wildman–Crippen LogP) is 1.66. The van der Waals surface area contributed by atoms with Crippen molar-refractivity contribution in [1.29, 1.82) is 0 Å². The number of aliphatic carboxylic acids is 1. The van der Waals surface area contributed by atoms with E-state index in [1.54, 1.807) is 4.90 Å². The van der Waals surface area contributed by atoms with Crippen molar-refractivity contribution >= 4 is 33.9 Å². The van der Waals surface area contributed by atoms with Gasteiger partial charge in [0.15, 0.2) is 11.4 Å². The molecule has 6 heteroatoms. The highest BCUT2D eigenvalue weighted by Crippen LogP contribution is 2.35. The van der Waals surface area contributed by atoms with Crippen molar-refractivity contribution in [3.8, 4) is 0 Å². The highest BCUT2D eigenvalue weighted by molar-refractivity contribution is 6.06. The third-order valence-electron chi connectivity index (χ3n) is 4.36. The lowest BCUT2D eigenvalue weighted by atomic mass is 10.2. The van der Waals surface area contributed by atoms with E-state index in [-0.39, 0.29) is 0 Å². The van der Waals surface area contributed by atoms with Gasteiger partial charge in [0.2, 0.25) is 0 Å². The standard InChI is InChI=1S/C17H17N3O3/c1-2-13-18-14-10-6-3-4-8-12(10)23-15(14)16(19-13)20-9-5-7-11(20)17(21)22/h3-4,6,8,11H,2,5,7,9H2,1H3,(H,21,22)/p-1/t11-/m0/s1. The van der Waals surface area contributed by atoms with Crippen molar-refractivity contribution in [3.63, 3.8) is 0 Å². The Hall–Kier alpha value is -2.63. The number of hydrogen-bond acceptors (Lipinski definition) is 6. The summed E-state index contributed by atoms with van der Waals surface area (Å²) in [7, 11) is 0. The molecule has 1 aliphatic rings. The van der Waals surface area contributed by atoms with Gasteiger partial charge in [0, 0.05) is 18.4 Å². The quantitative estimate of drug-likeness (QED) is 0.731. The lowest BCUT2D eigenvalue weighted by Gasteiger charge is -2.26. The molecule has 1 fully saturated rings. The molecule has 0 N–H and O–H groups in total. The molecule has 0 amide bonds. The number of fused-ring (bicyclic) bond motifs is 3. The SMILES string of the molecule is CCc1nc(N2CCC[C@H]2C(=O)[O-])c2oc3ccccc3c2n1. The van der Waals surface area contributed by atoms with E-state index in [2.05, 4.69) is 9.97 Å². The summed E-state index contributed by atoms with van der Waals surface area (Å²) in [6.45, 7) is 2.61. The van der Waals surface area contributed by atoms with Gasteiger partial charge in [-0.15, -0.1) is 0 Å². The van der Waals surface area contributed by atoms with Crippen LogP contribution in [0.2, 0.25) is 0 Å². The van der Waals surface area contributed by atoms with Crippen LogP contribution in [0, 0.1) is 0 Å². The van der Waals surface area contributed by atoms with E-state index in [1.807, 2.05) is 31.2 Å². The third kappa shape index (κ3) is 2.13. The van der Waals surface area contributed by atoms with E-state index in [9.17, 15) is 9.90 Å². The molecule has 23 heavy (non-hydrogen) atoms. The molecule has 6 nitrogen and oxygen atoms in total. The average molecular weight is 310 g/mol. The fourth-order valence-electron chi connectivity index (χ4n) is 3.24. The number of aryl methyl sites for hydroxylation is 1. The van der Waals surface area contributed by atoms with Gasteiger partial charge in [0.1, 0.15) is 16.9 Å². The lowest BCUT2D eigenvalue weighted by molar-refractivity contribution is -0.307. The largest absolute Gasteiger partial charge is 0.548 e. The number of rotatable bonds is 3. The molecular weight excluding hydrogens is 294 g/mol. The van der Waals surface area contributed by atoms with Gasteiger partial charge in [-0.05, 0) is 25.0 Å². The molecule has 1 atom stereocenters. The molecule has 3 aromatic rings. The van der Waals surface area contributed by atoms with Crippen LogP contribution in [-0.2, 0) is 11.2 Å². The summed E-state index contributed by atoms with van der Waals surface area (Å²) < 4.78 is 5.94. The van der Waals surface area contributed by atoms with Crippen LogP contribution in [0.5, 0.6) is 0 Å². The van der Waals surface area contributed by atoms with Crippen molar-refractivity contribution < 1.29 is 14.3 Å². The Kier molecular flexibility index (Phi) is 3.18. The Balaban J connectivity index is 1.99. The first kappa shape index (κ1) is 14.0. The molecule has 1 aromatic carbocycles. The first-order chi connectivity index (χ1) is 11.2. The molecule has 0 spiro atoms. The van der Waals surface area contributed by atoms with Gasteiger partial charge in [-0.25, -0.2) is 9.97 Å². The first-order valence-corrected chi connectivity index (χ1v) is 7.84. The van der Waals surface area contributed by atoms with Crippen molar-refractivity contribution in [2.75, 3.05) is 11.4 Å². The van der Waals surface area contributed by atoms with Gasteiger partial charge in [-0.1, -0.05) is 19.1 Å². The van der Waals surface area contributed by atoms with Gasteiger partial charge in [-0.2, -0.15) is 0 Å². The zero-order valence-corrected chi connectivity index (χ0v) is 12.8. The summed E-state index contributed by atoms with van der Waals surface area (Å²) in [6, 6.07) is 7.01. The summed E-state index contributed by atoms with van der Waals surface area (Å²) in [5.41, 5.74) is 2.03. The van der Waals surface area contributed by atoms with Crippen LogP contribution in [0.1, 0.15) is 25.6 Å². The molecule has 0 saturated carbocycles. The number of benzene rings is 1. The molecule has 1 saturated heterocycles. The molecule has 4 rings (SSSR count). The zero-order valence-electron chi connectivity index (χ0n) is 12.8. The number of furan rings is 1. The Morgan fingerprint density at radius 1 is 1.39 bits per heavy atom. The number of carboxylic acid groups (broad SMARTS) is 1. The van der Waals surface area contributed by atoms with Crippen molar-refractivity contribution in [3.05, 3.63) is 30.1 Å². The van der Waals surface area contributed by atoms with Gasteiger partial charge in [-0.3, -0.25) is 0 Å². The van der Waals surface area contributed by atoms with Gasteiger partial charge >= 0.3 is 0 Å². The molecule has 118 valence electrons. The number of anilines is 1. The van der Waals surface area contributed by atoms with E-state index in [4.69, 9.17) is 4.42 Å². The van der Waals surface area contributed by atoms with Crippen molar-refractivity contribution in [2.24, 2.45) is 0 Å². The van der Waals surface area contributed by atoms with Crippen molar-refractivity contribution in [2.45, 2.75) is 32.2 Å². The number of para-hydroxylation sites is 1. The second-order valence-electron chi connectivity index (χ2n) is 5.76. The van der Waals surface area contributed by atoms with Gasteiger partial charge in [0.25, 0.3) is 0 Å². The van der Waals surface area contributed by atoms with Gasteiger partial charge < -0.3 is 19.2 Å². The lowest BCUT2D eigenvalue weighted by Crippen LogP contribution is -2.45. The predicted molar refractivity (Wildman–Crippen MR) is 84.1 cm³/mol. The van der Waals surface area contributed by atoms with E-state index in [1.165, 1.54) is 0 Å². The summed E-state index contributed by atoms with van der Waals surface area (Å²) in [6.07, 6.45) is 2.04. The van der Waals surface area contributed by atoms with Crippen LogP contribution in [0.25, 0.3) is 22.1 Å². The zero-order chi connectivity index (χ0) is 16.0. The maximum atomic E-state index is 11.4. The summed E-state index contributed by atoms with van der Waals surface area (Å²) >= 11 is 0. The van der Waals surface area contributed by atoms with Gasteiger partial charge in [0.05, 0.1) is 12.0 Å². The third-order valence-corrected chi connectivity index (χ3v) is 4.36. The number of aromatic nitrogens is 2. The Bertz CT molecular complexity index is 903. The van der Waals surface area contributed by atoms with Crippen LogP contribution in [0.15, 0.2) is 28.7 Å². The van der Waals surface area contributed by atoms with Crippen LogP contribution in [0.3, 0.4) is 0 Å². The molecule has 0 unspecified atom stereocenters. The molecule has 3 heterocycles. The monoisotopic (exact) mass is 310 g/mol. The number of carbonyl (C=O) groups is 1. The normalized spacial score (nSPS) is 18.1. The second kappa shape index (κ2) is 5.22. The Morgan fingerprint density at radius 3 is 3.00 bits per heavy atom. The fourth-order valence-corrected chi connectivity index (χ4v) is 3.24. The number of carboxylic acids is 1. The van der Waals surface area contributed by atoms with Crippen LogP contribution in [-0.4, -0.2) is 28.5 Å². The minimum atomic E-state index is -1.07. The molecule has 1 aliphatic heterocycles. The molecule has 2 aromatic heterocycles. The molecular formula is C17H16N3O3-. The number of nitrogens with zero attached hydrogens (tertiary/aromatic N) is 3. The number of hydrogen-bond donors (Lipinski definition) is 0. The Morgan fingerprint density at radius 2 is 2.22 bits per heavy atom. The second-order valence-corrected chi connectivity index (χ2v) is 5.76. The number of carbonyl (C=O) groups excluding carboxylic acids is 1. The highest BCUT2D eigenvalue weighted by Gasteiger charge is 2.30.